The van der Waals surface area contributed by atoms with E-state index >= 15 is 0 Å². The van der Waals surface area contributed by atoms with Gasteiger partial charge >= 0.3 is 5.97 Å². The number of aliphatic hydroxyl groups is 1. The minimum atomic E-state index is -0.648. The largest absolute Gasteiger partial charge is 0.460 e. The van der Waals surface area contributed by atoms with Gasteiger partial charge in [0.15, 0.2) is 0 Å². The Bertz CT molecular complexity index is 1160. The highest BCUT2D eigenvalue weighted by Crippen LogP contribution is 2.68. The molecule has 4 aliphatic rings. The summed E-state index contributed by atoms with van der Waals surface area (Å²) in [5.74, 6) is 1.38. The van der Waals surface area contributed by atoms with E-state index in [2.05, 4.69) is 48.1 Å². The van der Waals surface area contributed by atoms with E-state index in [1.807, 2.05) is 30.3 Å². The Labute approximate surface area is 249 Å². The number of esters is 1. The number of carbonyl (C=O) groups excluding carboxylic acids is 1. The van der Waals surface area contributed by atoms with Crippen molar-refractivity contribution >= 4 is 11.7 Å². The summed E-state index contributed by atoms with van der Waals surface area (Å²) in [7, 11) is 0. The molecule has 4 aliphatic carbocycles. The molecule has 1 aromatic rings. The van der Waals surface area contributed by atoms with Crippen LogP contribution in [0.15, 0.2) is 42.5 Å². The van der Waals surface area contributed by atoms with Gasteiger partial charge < -0.3 is 15.3 Å². The van der Waals surface area contributed by atoms with Crippen LogP contribution in [0.4, 0.5) is 0 Å². The first-order valence-corrected chi connectivity index (χ1v) is 16.4. The van der Waals surface area contributed by atoms with Crippen LogP contribution in [0, 0.1) is 56.7 Å². The molecule has 0 amide bonds. The molecule has 1 aromatic carbocycles. The van der Waals surface area contributed by atoms with Crippen molar-refractivity contribution in [2.45, 2.75) is 118 Å². The second-order valence-corrected chi connectivity index (χ2v) is 15.7. The zero-order chi connectivity index (χ0) is 29.8. The van der Waals surface area contributed by atoms with Crippen molar-refractivity contribution in [3.8, 4) is 0 Å². The fourth-order valence-corrected chi connectivity index (χ4v) is 10.8. The number of rotatable bonds is 4. The predicted molar refractivity (Wildman–Crippen MR) is 167 cm³/mol. The molecule has 0 aliphatic heterocycles. The first-order chi connectivity index (χ1) is 19.3. The second kappa shape index (κ2) is 11.0. The van der Waals surface area contributed by atoms with Gasteiger partial charge in [-0.1, -0.05) is 77.1 Å². The van der Waals surface area contributed by atoms with Crippen LogP contribution >= 0.6 is 0 Å². The molecule has 4 fully saturated rings. The maximum Gasteiger partial charge on any atom is 0.313 e. The Hall–Kier alpha value is -1.94. The summed E-state index contributed by atoms with van der Waals surface area (Å²) < 4.78 is 6.11. The Kier molecular flexibility index (Phi) is 8.16. The van der Waals surface area contributed by atoms with Crippen molar-refractivity contribution in [3.63, 3.8) is 0 Å². The smallest absolute Gasteiger partial charge is 0.313 e. The summed E-state index contributed by atoms with van der Waals surface area (Å²) >= 11 is 0. The summed E-state index contributed by atoms with van der Waals surface area (Å²) in [5.41, 5.74) is 2.41. The molecule has 0 radical (unpaired) electrons. The lowest BCUT2D eigenvalue weighted by Crippen LogP contribution is -2.60. The number of ether oxygens (including phenoxy) is 1. The van der Waals surface area contributed by atoms with E-state index in [0.717, 1.165) is 81.1 Å². The molecule has 0 spiro atoms. The third-order valence-electron chi connectivity index (χ3n) is 13.5. The van der Waals surface area contributed by atoms with E-state index in [0.29, 0.717) is 17.8 Å². The lowest BCUT2D eigenvalue weighted by Gasteiger charge is -2.65. The fraction of sp³-hybridized carbons (Fsp3) is 0.730. The number of allylic oxidation sites excluding steroid dienone is 1. The average molecular weight is 562 g/mol. The summed E-state index contributed by atoms with van der Waals surface area (Å²) in [5, 5.41) is 20.6. The van der Waals surface area contributed by atoms with Crippen molar-refractivity contribution in [3.05, 3.63) is 48.0 Å². The van der Waals surface area contributed by atoms with E-state index in [1.54, 1.807) is 0 Å². The molecule has 0 aromatic heterocycles. The molecule has 4 heteroatoms. The van der Waals surface area contributed by atoms with Crippen molar-refractivity contribution in [1.82, 2.24) is 0 Å². The number of aliphatic hydroxyl groups excluding tert-OH is 1. The molecule has 4 saturated carbocycles. The molecule has 9 atom stereocenters. The lowest BCUT2D eigenvalue weighted by atomic mass is 9.40. The highest BCUT2D eigenvalue weighted by atomic mass is 16.5. The molecular weight excluding hydrogens is 506 g/mol. The molecule has 0 bridgehead atoms. The third kappa shape index (κ3) is 4.94. The fourth-order valence-electron chi connectivity index (χ4n) is 10.8. The van der Waals surface area contributed by atoms with Gasteiger partial charge in [0.2, 0.25) is 0 Å². The minimum Gasteiger partial charge on any atom is -0.460 e. The van der Waals surface area contributed by atoms with E-state index in [9.17, 15) is 15.3 Å². The van der Waals surface area contributed by atoms with Crippen molar-refractivity contribution in [2.24, 2.45) is 51.2 Å². The highest BCUT2D eigenvalue weighted by Gasteiger charge is 2.62. The van der Waals surface area contributed by atoms with Gasteiger partial charge in [0.05, 0.1) is 11.5 Å². The number of carbonyl (C=O) groups is 1. The maximum atomic E-state index is 14.2. The van der Waals surface area contributed by atoms with Gasteiger partial charge in [0.1, 0.15) is 6.61 Å². The van der Waals surface area contributed by atoms with E-state index in [1.165, 1.54) is 0 Å². The highest BCUT2D eigenvalue weighted by molar-refractivity contribution is 5.92. The molecule has 0 heterocycles. The van der Waals surface area contributed by atoms with Gasteiger partial charge in [-0.15, -0.1) is 0 Å². The van der Waals surface area contributed by atoms with Crippen molar-refractivity contribution < 1.29 is 14.6 Å². The van der Waals surface area contributed by atoms with Crippen LogP contribution in [-0.4, -0.2) is 22.9 Å². The summed E-state index contributed by atoms with van der Waals surface area (Å²) in [4.78, 5) is 14.2. The molecule has 41 heavy (non-hydrogen) atoms. The van der Waals surface area contributed by atoms with Crippen LogP contribution in [0.1, 0.15) is 111 Å². The standard InChI is InChI=1S/C37H55NO3/c1-24(2)27-16-22-37(33(40)41-23-26-11-9-8-10-12-26)21-15-25(3)35(6)19-17-29-34(4,5)31(39)18-20-36(29,7)30(35)14-13-28(38)32(27)37/h8-12,25,27,29-32,38-39H,1,13-23H2,2-7H3. The summed E-state index contributed by atoms with van der Waals surface area (Å²) in [6.45, 7) is 18.8. The number of benzene rings is 1. The molecule has 4 nitrogen and oxygen atoms in total. The normalized spacial score (nSPS) is 42.4. The SMILES string of the molecule is C=C(C)C1CCC2(C(=O)OCc3ccccc3)CCC(C)C3(C)CCC4C(C)(C)C(O)CCC4(C)C3CCC(=N)C12. The van der Waals surface area contributed by atoms with Crippen molar-refractivity contribution in [1.29, 1.82) is 5.41 Å². The molecule has 9 unspecified atom stereocenters. The zero-order valence-corrected chi connectivity index (χ0v) is 26.6. The molecule has 2 N–H and O–H groups in total. The molecule has 226 valence electrons. The Morgan fingerprint density at radius 1 is 0.951 bits per heavy atom. The Morgan fingerprint density at radius 2 is 1.61 bits per heavy atom. The van der Waals surface area contributed by atoms with E-state index in [-0.39, 0.29) is 46.8 Å². The molecule has 5 rings (SSSR count). The Balaban J connectivity index is 1.49. The predicted octanol–water partition coefficient (Wildman–Crippen LogP) is 8.77. The van der Waals surface area contributed by atoms with Gasteiger partial charge in [0.25, 0.3) is 0 Å². The number of hydrogen-bond donors (Lipinski definition) is 2. The van der Waals surface area contributed by atoms with Gasteiger partial charge in [-0.25, -0.2) is 0 Å². The first-order valence-electron chi connectivity index (χ1n) is 16.4. The van der Waals surface area contributed by atoms with Crippen LogP contribution in [0.3, 0.4) is 0 Å². The van der Waals surface area contributed by atoms with Gasteiger partial charge in [-0.2, -0.15) is 0 Å². The zero-order valence-electron chi connectivity index (χ0n) is 26.6. The number of nitrogens with one attached hydrogen (secondary N) is 1. The lowest BCUT2D eigenvalue weighted by molar-refractivity contribution is -0.183. The minimum absolute atomic E-state index is 0.0887. The molecular formula is C37H55NO3. The van der Waals surface area contributed by atoms with Crippen LogP contribution in [0.2, 0.25) is 0 Å². The van der Waals surface area contributed by atoms with Crippen LogP contribution < -0.4 is 0 Å². The maximum absolute atomic E-state index is 14.2. The summed E-state index contributed by atoms with van der Waals surface area (Å²) in [6.07, 6.45) is 9.19. The van der Waals surface area contributed by atoms with Crippen LogP contribution in [-0.2, 0) is 16.1 Å². The number of fused-ring (bicyclic) bond motifs is 4. The van der Waals surface area contributed by atoms with Gasteiger partial charge in [-0.3, -0.25) is 4.79 Å². The van der Waals surface area contributed by atoms with Gasteiger partial charge in [0, 0.05) is 11.6 Å². The second-order valence-electron chi connectivity index (χ2n) is 15.7. The quantitative estimate of drug-likeness (QED) is 0.285. The molecule has 0 saturated heterocycles. The topological polar surface area (TPSA) is 70.4 Å². The van der Waals surface area contributed by atoms with Gasteiger partial charge in [-0.05, 0) is 117 Å². The third-order valence-corrected chi connectivity index (χ3v) is 13.5. The first kappa shape index (κ1) is 30.5. The van der Waals surface area contributed by atoms with E-state index in [4.69, 9.17) is 4.74 Å². The van der Waals surface area contributed by atoms with Crippen molar-refractivity contribution in [2.75, 3.05) is 0 Å². The van der Waals surface area contributed by atoms with Crippen LogP contribution in [0.5, 0.6) is 0 Å². The van der Waals surface area contributed by atoms with E-state index < -0.39 is 5.41 Å². The summed E-state index contributed by atoms with van der Waals surface area (Å²) in [6, 6.07) is 9.97. The van der Waals surface area contributed by atoms with Crippen LogP contribution in [0.25, 0.3) is 0 Å². The number of hydrogen-bond acceptors (Lipinski definition) is 4. The Morgan fingerprint density at radius 3 is 2.29 bits per heavy atom. The monoisotopic (exact) mass is 561 g/mol. The average Bonchev–Trinajstić information content (AvgIpc) is 3.33.